The van der Waals surface area contributed by atoms with E-state index >= 15 is 0 Å². The average Bonchev–Trinajstić information content (AvgIpc) is 1.86. The molecule has 0 atom stereocenters. The van der Waals surface area contributed by atoms with Crippen LogP contribution in [0.25, 0.3) is 0 Å². The molecule has 0 bridgehead atoms. The third kappa shape index (κ3) is 7.25. The van der Waals surface area contributed by atoms with Crippen molar-refractivity contribution in [3.05, 3.63) is 0 Å². The molecule has 0 aromatic heterocycles. The number of hydrogen-bond donors (Lipinski definition) is 2. The van der Waals surface area contributed by atoms with Crippen LogP contribution in [0, 0.1) is 0 Å². The Bertz CT molecular complexity index is 145. The fourth-order valence-electron chi connectivity index (χ4n) is 0.360. The van der Waals surface area contributed by atoms with Crippen LogP contribution < -0.4 is 5.73 Å². The molecule has 3 N–H and O–H groups in total. The summed E-state index contributed by atoms with van der Waals surface area (Å²) >= 11 is 16.1. The number of rotatable bonds is 3. The van der Waals surface area contributed by atoms with Crippen LogP contribution in [0.3, 0.4) is 0 Å². The molecule has 0 amide bonds. The van der Waals surface area contributed by atoms with Crippen LogP contribution in [0.1, 0.15) is 6.42 Å². The lowest BCUT2D eigenvalue weighted by Crippen LogP contribution is -2.28. The highest BCUT2D eigenvalue weighted by Crippen LogP contribution is 2.25. The number of aliphatic imine (C=N–C) groups is 1. The number of amidine groups is 1. The van der Waals surface area contributed by atoms with E-state index in [9.17, 15) is 0 Å². The van der Waals surface area contributed by atoms with Gasteiger partial charge in [0.05, 0.1) is 0 Å². The maximum Gasteiger partial charge on any atom is 0.247 e. The molecule has 0 aromatic carbocycles. The van der Waals surface area contributed by atoms with E-state index in [4.69, 9.17) is 45.6 Å². The zero-order chi connectivity index (χ0) is 8.91. The Balaban J connectivity index is 0. The lowest BCUT2D eigenvalue weighted by molar-refractivity contribution is 0.291. The molecule has 0 fully saturated rings. The van der Waals surface area contributed by atoms with Crippen molar-refractivity contribution in [3.8, 4) is 0 Å². The van der Waals surface area contributed by atoms with Crippen molar-refractivity contribution >= 4 is 53.0 Å². The molecule has 74 valence electrons. The normalized spacial score (nSPS) is 12.5. The van der Waals surface area contributed by atoms with Crippen molar-refractivity contribution < 1.29 is 5.11 Å². The van der Waals surface area contributed by atoms with Crippen LogP contribution in [0.5, 0.6) is 0 Å². The van der Waals surface area contributed by atoms with Gasteiger partial charge in [-0.05, 0) is 6.42 Å². The Morgan fingerprint density at radius 2 is 1.92 bits per heavy atom. The number of hydrogen-bond acceptors (Lipinski definition) is 2. The van der Waals surface area contributed by atoms with E-state index in [0.717, 1.165) is 0 Å². The predicted molar refractivity (Wildman–Crippen MR) is 55.7 cm³/mol. The van der Waals surface area contributed by atoms with Crippen LogP contribution in [0.4, 0.5) is 0 Å². The first-order chi connectivity index (χ1) is 4.98. The van der Waals surface area contributed by atoms with Gasteiger partial charge in [0.2, 0.25) is 3.79 Å². The fraction of sp³-hybridized carbons (Fsp3) is 0.800. The van der Waals surface area contributed by atoms with Gasteiger partial charge in [0.25, 0.3) is 0 Å². The van der Waals surface area contributed by atoms with Gasteiger partial charge in [0.15, 0.2) is 0 Å². The minimum absolute atomic E-state index is 0. The van der Waals surface area contributed by atoms with Crippen molar-refractivity contribution in [2.45, 2.75) is 10.2 Å². The molecule has 0 spiro atoms. The summed E-state index contributed by atoms with van der Waals surface area (Å²) in [4.78, 5) is 3.72. The van der Waals surface area contributed by atoms with E-state index < -0.39 is 3.79 Å². The maximum atomic E-state index is 8.37. The van der Waals surface area contributed by atoms with Gasteiger partial charge in [-0.2, -0.15) is 0 Å². The maximum absolute atomic E-state index is 8.37. The Morgan fingerprint density at radius 3 is 2.25 bits per heavy atom. The monoisotopic (exact) mass is 254 g/mol. The van der Waals surface area contributed by atoms with Crippen molar-refractivity contribution in [2.24, 2.45) is 10.7 Å². The van der Waals surface area contributed by atoms with Crippen molar-refractivity contribution in [1.29, 1.82) is 0 Å². The van der Waals surface area contributed by atoms with E-state index in [1.165, 1.54) is 0 Å². The Morgan fingerprint density at radius 1 is 1.42 bits per heavy atom. The van der Waals surface area contributed by atoms with E-state index in [2.05, 4.69) is 4.99 Å². The third-order valence-electron chi connectivity index (χ3n) is 0.889. The highest BCUT2D eigenvalue weighted by Gasteiger charge is 2.24. The van der Waals surface area contributed by atoms with Gasteiger partial charge < -0.3 is 10.8 Å². The fourth-order valence-corrected chi connectivity index (χ4v) is 0.539. The molecule has 0 aliphatic rings. The summed E-state index contributed by atoms with van der Waals surface area (Å²) in [7, 11) is 0. The first-order valence-corrected chi connectivity index (χ1v) is 4.10. The average molecular weight is 256 g/mol. The van der Waals surface area contributed by atoms with Gasteiger partial charge in [-0.15, -0.1) is 12.4 Å². The van der Waals surface area contributed by atoms with E-state index in [-0.39, 0.29) is 24.8 Å². The van der Waals surface area contributed by atoms with Crippen LogP contribution in [-0.2, 0) is 0 Å². The number of nitrogens with zero attached hydrogens (tertiary/aromatic N) is 1. The van der Waals surface area contributed by atoms with Crippen LogP contribution in [-0.4, -0.2) is 27.9 Å². The largest absolute Gasteiger partial charge is 0.396 e. The Kier molecular flexibility index (Phi) is 8.84. The molecule has 0 rings (SSSR count). The predicted octanol–water partition coefficient (Wildman–Crippen LogP) is 1.52. The quantitative estimate of drug-likeness (QED) is 0.348. The van der Waals surface area contributed by atoms with Crippen LogP contribution >= 0.6 is 47.2 Å². The minimum atomic E-state index is -1.63. The molecule has 0 saturated carbocycles. The summed E-state index contributed by atoms with van der Waals surface area (Å²) in [6.07, 6.45) is 0.515. The number of aliphatic hydroxyl groups is 1. The standard InChI is InChI=1S/C5H9Cl3N2O.ClH/c6-5(7,8)4(9)10-2-1-3-11;/h11H,1-3H2,(H2,9,10);1H. The van der Waals surface area contributed by atoms with Crippen molar-refractivity contribution in [1.82, 2.24) is 0 Å². The van der Waals surface area contributed by atoms with Crippen LogP contribution in [0.15, 0.2) is 4.99 Å². The van der Waals surface area contributed by atoms with Gasteiger partial charge in [0, 0.05) is 13.2 Å². The Hall–Kier alpha value is 0.590. The molecule has 7 heteroatoms. The molecule has 12 heavy (non-hydrogen) atoms. The summed E-state index contributed by atoms with van der Waals surface area (Å²) in [5, 5.41) is 8.37. The lowest BCUT2D eigenvalue weighted by atomic mass is 10.4. The molecule has 3 nitrogen and oxygen atoms in total. The van der Waals surface area contributed by atoms with Gasteiger partial charge in [-0.1, -0.05) is 34.8 Å². The molecule has 0 radical (unpaired) electrons. The summed E-state index contributed by atoms with van der Waals surface area (Å²) in [6, 6.07) is 0. The molecule has 0 heterocycles. The highest BCUT2D eigenvalue weighted by molar-refractivity contribution is 6.76. The summed E-state index contributed by atoms with van der Waals surface area (Å²) in [5.41, 5.74) is 5.26. The van der Waals surface area contributed by atoms with E-state index in [0.29, 0.717) is 13.0 Å². The zero-order valence-electron chi connectivity index (χ0n) is 6.14. The number of nitrogens with two attached hydrogens (primary N) is 1. The molecule has 0 aromatic rings. The smallest absolute Gasteiger partial charge is 0.247 e. The van der Waals surface area contributed by atoms with E-state index in [1.54, 1.807) is 0 Å². The molecule has 0 aliphatic carbocycles. The van der Waals surface area contributed by atoms with Gasteiger partial charge in [0.1, 0.15) is 5.84 Å². The summed E-state index contributed by atoms with van der Waals surface area (Å²) in [6.45, 7) is 0.423. The second-order valence-electron chi connectivity index (χ2n) is 1.84. The van der Waals surface area contributed by atoms with Crippen LogP contribution in [0.2, 0.25) is 0 Å². The summed E-state index contributed by atoms with van der Waals surface area (Å²) < 4.78 is -1.63. The highest BCUT2D eigenvalue weighted by atomic mass is 35.6. The molecular weight excluding hydrogens is 246 g/mol. The van der Waals surface area contributed by atoms with Gasteiger partial charge >= 0.3 is 0 Å². The first-order valence-electron chi connectivity index (χ1n) is 2.96. The zero-order valence-corrected chi connectivity index (χ0v) is 9.22. The molecule has 0 saturated heterocycles. The van der Waals surface area contributed by atoms with Gasteiger partial charge in [-0.3, -0.25) is 4.99 Å². The Labute approximate surface area is 92.3 Å². The second-order valence-corrected chi connectivity index (χ2v) is 4.12. The number of halogens is 4. The SMILES string of the molecule is Cl.NC(=NCCCO)C(Cl)(Cl)Cl. The first kappa shape index (κ1) is 15.1. The van der Waals surface area contributed by atoms with Crippen molar-refractivity contribution in [2.75, 3.05) is 13.2 Å². The van der Waals surface area contributed by atoms with E-state index in [1.807, 2.05) is 0 Å². The third-order valence-corrected chi connectivity index (χ3v) is 1.47. The number of aliphatic hydroxyl groups excluding tert-OH is 1. The summed E-state index contributed by atoms with van der Waals surface area (Å²) in [5.74, 6) is -0.0454. The van der Waals surface area contributed by atoms with Crippen molar-refractivity contribution in [3.63, 3.8) is 0 Å². The minimum Gasteiger partial charge on any atom is -0.396 e. The topological polar surface area (TPSA) is 58.6 Å². The molecule has 0 aliphatic heterocycles. The second kappa shape index (κ2) is 7.04. The number of alkyl halides is 3. The molecule has 0 unspecified atom stereocenters. The molecular formula is C5H10Cl4N2O. The van der Waals surface area contributed by atoms with Gasteiger partial charge in [-0.25, -0.2) is 0 Å². The lowest BCUT2D eigenvalue weighted by Gasteiger charge is -2.08.